The molecular weight excluding hydrogens is 353 g/mol. The zero-order valence-corrected chi connectivity index (χ0v) is 12.7. The molecule has 0 aliphatic heterocycles. The second-order valence-electron chi connectivity index (χ2n) is 3.76. The minimum atomic E-state index is -3.16. The normalized spacial score (nSPS) is 11.8. The highest BCUT2D eigenvalue weighted by atomic mass is 127. The molecule has 7 heteroatoms. The van der Waals surface area contributed by atoms with Crippen molar-refractivity contribution in [1.82, 2.24) is 4.31 Å². The Labute approximate surface area is 116 Å². The fourth-order valence-electron chi connectivity index (χ4n) is 1.19. The Morgan fingerprint density at radius 1 is 1.41 bits per heavy atom. The molecule has 1 aromatic carbocycles. The number of hydrogen-bond donors (Lipinski definition) is 2. The van der Waals surface area contributed by atoms with Crippen LogP contribution in [0, 0.1) is 3.57 Å². The first-order chi connectivity index (χ1) is 7.83. The van der Waals surface area contributed by atoms with Crippen molar-refractivity contribution in [2.45, 2.75) is 0 Å². The largest absolute Gasteiger partial charge is 0.397 e. The summed E-state index contributed by atoms with van der Waals surface area (Å²) < 4.78 is 25.3. The fraction of sp³-hybridized carbons (Fsp3) is 0.400. The highest BCUT2D eigenvalue weighted by molar-refractivity contribution is 14.1. The number of benzene rings is 1. The van der Waals surface area contributed by atoms with Gasteiger partial charge in [-0.25, -0.2) is 12.7 Å². The number of sulfonamides is 1. The first-order valence-corrected chi connectivity index (χ1v) is 7.71. The Morgan fingerprint density at radius 3 is 2.59 bits per heavy atom. The van der Waals surface area contributed by atoms with Crippen molar-refractivity contribution in [2.24, 2.45) is 0 Å². The molecule has 0 spiro atoms. The second kappa shape index (κ2) is 5.87. The van der Waals surface area contributed by atoms with E-state index in [-0.39, 0.29) is 5.75 Å². The minimum absolute atomic E-state index is 0.0471. The minimum Gasteiger partial charge on any atom is -0.397 e. The van der Waals surface area contributed by atoms with Gasteiger partial charge in [0.05, 0.1) is 17.1 Å². The number of anilines is 2. The molecule has 0 atom stereocenters. The van der Waals surface area contributed by atoms with E-state index >= 15 is 0 Å². The van der Waals surface area contributed by atoms with E-state index in [4.69, 9.17) is 5.73 Å². The maximum atomic E-state index is 11.5. The predicted molar refractivity (Wildman–Crippen MR) is 79.5 cm³/mol. The Balaban J connectivity index is 2.58. The van der Waals surface area contributed by atoms with Crippen molar-refractivity contribution in [3.05, 3.63) is 21.8 Å². The van der Waals surface area contributed by atoms with Crippen LogP contribution in [0.2, 0.25) is 0 Å². The van der Waals surface area contributed by atoms with Gasteiger partial charge in [-0.1, -0.05) is 0 Å². The molecule has 3 N–H and O–H groups in total. The average Bonchev–Trinajstić information content (AvgIpc) is 2.21. The zero-order valence-electron chi connectivity index (χ0n) is 9.77. The summed E-state index contributed by atoms with van der Waals surface area (Å²) in [7, 11) is -0.116. The molecule has 96 valence electrons. The molecule has 0 aromatic heterocycles. The molecule has 1 rings (SSSR count). The molecule has 0 aliphatic carbocycles. The van der Waals surface area contributed by atoms with E-state index in [2.05, 4.69) is 27.9 Å². The summed E-state index contributed by atoms with van der Waals surface area (Å²) >= 11 is 2.17. The molecule has 0 unspecified atom stereocenters. The maximum absolute atomic E-state index is 11.5. The van der Waals surface area contributed by atoms with Crippen LogP contribution in [-0.2, 0) is 10.0 Å². The van der Waals surface area contributed by atoms with Crippen LogP contribution in [0.4, 0.5) is 11.4 Å². The predicted octanol–water partition coefficient (Wildman–Crippen LogP) is 1.18. The van der Waals surface area contributed by atoms with Gasteiger partial charge in [0.25, 0.3) is 0 Å². The Bertz CT molecular complexity index is 488. The molecule has 0 radical (unpaired) electrons. The summed E-state index contributed by atoms with van der Waals surface area (Å²) in [6, 6.07) is 5.60. The standard InChI is InChI=1S/C10H16IN3O2S/c1-14(2)17(15,16)6-5-13-10-4-3-8(11)7-9(10)12/h3-4,7,13H,5-6,12H2,1-2H3. The van der Waals surface area contributed by atoms with Crippen molar-refractivity contribution in [1.29, 1.82) is 0 Å². The van der Waals surface area contributed by atoms with E-state index in [0.29, 0.717) is 12.2 Å². The quantitative estimate of drug-likeness (QED) is 0.604. The summed E-state index contributed by atoms with van der Waals surface area (Å²) in [5.74, 6) is 0.0471. The number of hydrogen-bond acceptors (Lipinski definition) is 4. The van der Waals surface area contributed by atoms with Crippen LogP contribution in [0.5, 0.6) is 0 Å². The van der Waals surface area contributed by atoms with Crippen LogP contribution in [0.3, 0.4) is 0 Å². The molecule has 1 aromatic rings. The molecule has 0 amide bonds. The Morgan fingerprint density at radius 2 is 2.06 bits per heavy atom. The van der Waals surface area contributed by atoms with Crippen LogP contribution in [-0.4, -0.2) is 39.1 Å². The lowest BCUT2D eigenvalue weighted by molar-refractivity contribution is 0.521. The molecule has 0 bridgehead atoms. The van der Waals surface area contributed by atoms with Gasteiger partial charge in [-0.15, -0.1) is 0 Å². The van der Waals surface area contributed by atoms with Gasteiger partial charge in [0.2, 0.25) is 10.0 Å². The van der Waals surface area contributed by atoms with Crippen molar-refractivity contribution in [2.75, 3.05) is 37.4 Å². The number of halogens is 1. The van der Waals surface area contributed by atoms with Gasteiger partial charge in [0.15, 0.2) is 0 Å². The fourth-order valence-corrected chi connectivity index (χ4v) is 2.43. The van der Waals surface area contributed by atoms with E-state index in [0.717, 1.165) is 9.26 Å². The summed E-state index contributed by atoms with van der Waals surface area (Å²) in [6.45, 7) is 0.339. The van der Waals surface area contributed by atoms with E-state index in [1.54, 1.807) is 0 Å². The topological polar surface area (TPSA) is 75.4 Å². The highest BCUT2D eigenvalue weighted by Crippen LogP contribution is 2.20. The first-order valence-electron chi connectivity index (χ1n) is 5.02. The summed E-state index contributed by atoms with van der Waals surface area (Å²) in [5.41, 5.74) is 7.19. The lowest BCUT2D eigenvalue weighted by Gasteiger charge is -2.13. The van der Waals surface area contributed by atoms with E-state index in [1.807, 2.05) is 18.2 Å². The van der Waals surface area contributed by atoms with Crippen LogP contribution < -0.4 is 11.1 Å². The third kappa shape index (κ3) is 4.32. The lowest BCUT2D eigenvalue weighted by Crippen LogP contribution is -2.28. The van der Waals surface area contributed by atoms with Gasteiger partial charge < -0.3 is 11.1 Å². The van der Waals surface area contributed by atoms with Crippen LogP contribution >= 0.6 is 22.6 Å². The van der Waals surface area contributed by atoms with Crippen LogP contribution in [0.15, 0.2) is 18.2 Å². The van der Waals surface area contributed by atoms with Gasteiger partial charge in [-0.3, -0.25) is 0 Å². The maximum Gasteiger partial charge on any atom is 0.215 e. The van der Waals surface area contributed by atoms with E-state index in [9.17, 15) is 8.42 Å². The van der Waals surface area contributed by atoms with Gasteiger partial charge in [0, 0.05) is 24.2 Å². The summed E-state index contributed by atoms with van der Waals surface area (Å²) in [4.78, 5) is 0. The first kappa shape index (κ1) is 14.5. The molecular formula is C10H16IN3O2S. The molecule has 17 heavy (non-hydrogen) atoms. The van der Waals surface area contributed by atoms with Gasteiger partial charge >= 0.3 is 0 Å². The monoisotopic (exact) mass is 369 g/mol. The average molecular weight is 369 g/mol. The Hall–Kier alpha value is -0.540. The number of nitrogen functional groups attached to an aromatic ring is 1. The smallest absolute Gasteiger partial charge is 0.215 e. The molecule has 0 saturated carbocycles. The molecule has 0 heterocycles. The van der Waals surface area contributed by atoms with Crippen molar-refractivity contribution in [3.63, 3.8) is 0 Å². The molecule has 0 fully saturated rings. The molecule has 0 saturated heterocycles. The summed E-state index contributed by atoms with van der Waals surface area (Å²) in [5, 5.41) is 3.02. The number of rotatable bonds is 5. The second-order valence-corrected chi connectivity index (χ2v) is 7.30. The van der Waals surface area contributed by atoms with Gasteiger partial charge in [-0.05, 0) is 40.8 Å². The van der Waals surface area contributed by atoms with Crippen molar-refractivity contribution in [3.8, 4) is 0 Å². The third-order valence-corrected chi connectivity index (χ3v) is 4.75. The van der Waals surface area contributed by atoms with Crippen LogP contribution in [0.1, 0.15) is 0 Å². The Kier molecular flexibility index (Phi) is 5.02. The van der Waals surface area contributed by atoms with E-state index < -0.39 is 10.0 Å². The van der Waals surface area contributed by atoms with Gasteiger partial charge in [0.1, 0.15) is 0 Å². The SMILES string of the molecule is CN(C)S(=O)(=O)CCNc1ccc(I)cc1N. The number of nitrogens with one attached hydrogen (secondary N) is 1. The van der Waals surface area contributed by atoms with Crippen LogP contribution in [0.25, 0.3) is 0 Å². The molecule has 0 aliphatic rings. The molecule has 5 nitrogen and oxygen atoms in total. The number of nitrogens with zero attached hydrogens (tertiary/aromatic N) is 1. The summed E-state index contributed by atoms with van der Waals surface area (Å²) in [6.07, 6.45) is 0. The van der Waals surface area contributed by atoms with Crippen molar-refractivity contribution < 1.29 is 8.42 Å². The van der Waals surface area contributed by atoms with Gasteiger partial charge in [-0.2, -0.15) is 0 Å². The number of nitrogens with two attached hydrogens (primary N) is 1. The third-order valence-electron chi connectivity index (χ3n) is 2.25. The lowest BCUT2D eigenvalue weighted by atomic mass is 10.3. The zero-order chi connectivity index (χ0) is 13.1. The highest BCUT2D eigenvalue weighted by Gasteiger charge is 2.12. The van der Waals surface area contributed by atoms with Crippen molar-refractivity contribution >= 4 is 44.0 Å². The van der Waals surface area contributed by atoms with E-state index in [1.165, 1.54) is 18.4 Å².